The summed E-state index contributed by atoms with van der Waals surface area (Å²) in [6.07, 6.45) is 13.2. The lowest BCUT2D eigenvalue weighted by molar-refractivity contribution is -0.167. The van der Waals surface area contributed by atoms with Crippen molar-refractivity contribution in [2.45, 2.75) is 126 Å². The molecule has 1 heterocycles. The molecule has 8 atom stereocenters. The van der Waals surface area contributed by atoms with Gasteiger partial charge in [-0.1, -0.05) is 68.2 Å². The summed E-state index contributed by atoms with van der Waals surface area (Å²) in [6.45, 7) is 19.4. The Balaban J connectivity index is 0.00000148. The quantitative estimate of drug-likeness (QED) is 0.320. The van der Waals surface area contributed by atoms with Gasteiger partial charge in [-0.25, -0.2) is 0 Å². The van der Waals surface area contributed by atoms with E-state index >= 15 is 0 Å². The number of hydrogen-bond donors (Lipinski definition) is 5. The molecule has 0 aromatic carbocycles. The number of nitrogens with one attached hydrogen (secondary N) is 4. The van der Waals surface area contributed by atoms with Gasteiger partial charge in [0, 0.05) is 6.54 Å². The summed E-state index contributed by atoms with van der Waals surface area (Å²) in [4.78, 5) is 4.77. The average molecular weight is 504 g/mol. The fourth-order valence-corrected chi connectivity index (χ4v) is 9.39. The van der Waals surface area contributed by atoms with Gasteiger partial charge in [-0.05, 0) is 103 Å². The maximum Gasteiger partial charge on any atom is 0.222 e. The van der Waals surface area contributed by atoms with Gasteiger partial charge in [-0.15, -0.1) is 0 Å². The lowest BCUT2D eigenvalue weighted by atomic mass is 9.44. The number of aliphatic imine (C=N–C) groups is 1. The highest BCUT2D eigenvalue weighted by Gasteiger charge is 2.63. The van der Waals surface area contributed by atoms with Crippen LogP contribution in [0.3, 0.4) is 0 Å². The molecule has 4 aliphatic carbocycles. The van der Waals surface area contributed by atoms with Crippen LogP contribution in [0.2, 0.25) is 0 Å². The fourth-order valence-electron chi connectivity index (χ4n) is 9.39. The van der Waals surface area contributed by atoms with E-state index in [1.54, 1.807) is 0 Å². The van der Waals surface area contributed by atoms with Gasteiger partial charge < -0.3 is 5.11 Å². The zero-order chi connectivity index (χ0) is 26.4. The molecule has 208 valence electrons. The minimum absolute atomic E-state index is 0.0518. The Labute approximate surface area is 221 Å². The van der Waals surface area contributed by atoms with E-state index in [0.29, 0.717) is 17.3 Å². The van der Waals surface area contributed by atoms with Crippen LogP contribution >= 0.6 is 0 Å². The number of aliphatic hydroxyl groups excluding tert-OH is 1. The molecule has 0 radical (unpaired) electrons. The molecule has 6 heteroatoms. The first-order valence-electron chi connectivity index (χ1n) is 15.2. The Hall–Kier alpha value is -0.850. The van der Waals surface area contributed by atoms with E-state index in [1.165, 1.54) is 57.8 Å². The molecule has 36 heavy (non-hydrogen) atoms. The predicted octanol–water partition coefficient (Wildman–Crippen LogP) is 5.95. The summed E-state index contributed by atoms with van der Waals surface area (Å²) >= 11 is 0. The minimum Gasteiger partial charge on any atom is -0.393 e. The van der Waals surface area contributed by atoms with Crippen molar-refractivity contribution in [2.75, 3.05) is 6.54 Å². The summed E-state index contributed by atoms with van der Waals surface area (Å²) in [6, 6.07) is 0. The zero-order valence-corrected chi connectivity index (χ0v) is 24.6. The minimum atomic E-state index is -0.146. The van der Waals surface area contributed by atoms with Gasteiger partial charge in [-0.2, -0.15) is 11.1 Å². The SMILES string of the molecule is CC.CC12CCCCC1CCC1C2CC(O)C2(C)C(CC(C)(C)C(C)(C)CN=C3NNNN3)CCC12. The molecule has 0 aromatic rings. The number of guanidine groups is 1. The highest BCUT2D eigenvalue weighted by atomic mass is 16.3. The lowest BCUT2D eigenvalue weighted by Gasteiger charge is -2.62. The van der Waals surface area contributed by atoms with E-state index in [0.717, 1.165) is 36.7 Å². The van der Waals surface area contributed by atoms with Gasteiger partial charge >= 0.3 is 0 Å². The summed E-state index contributed by atoms with van der Waals surface area (Å²) in [5.41, 5.74) is 12.4. The second kappa shape index (κ2) is 10.4. The van der Waals surface area contributed by atoms with Crippen molar-refractivity contribution >= 4 is 5.96 Å². The standard InChI is InChI=1S/C28H51N5O.C2H6/c1-25(2,26(3,4)17-29-24-30-32-33-31-24)16-19-11-13-21-20-12-10-18-9-7-8-14-27(18,5)22(20)15-23(34)28(19,21)6;1-2/h18-23,32-34H,7-17H2,1-6H3,(H2,29,30,31);1-2H3. The van der Waals surface area contributed by atoms with Gasteiger partial charge in [0.15, 0.2) is 0 Å². The van der Waals surface area contributed by atoms with Gasteiger partial charge in [-0.3, -0.25) is 15.8 Å². The van der Waals surface area contributed by atoms with Crippen LogP contribution in [0.4, 0.5) is 0 Å². The molecule has 1 saturated heterocycles. The molecule has 0 amide bonds. The summed E-state index contributed by atoms with van der Waals surface area (Å²) in [5.74, 6) is 4.53. The summed E-state index contributed by atoms with van der Waals surface area (Å²) in [5, 5.41) is 11.8. The maximum absolute atomic E-state index is 11.8. The molecule has 8 unspecified atom stereocenters. The molecule has 0 aromatic heterocycles. The maximum atomic E-state index is 11.8. The largest absolute Gasteiger partial charge is 0.393 e. The van der Waals surface area contributed by atoms with Crippen molar-refractivity contribution in [3.8, 4) is 0 Å². The average Bonchev–Trinajstić information content (AvgIpc) is 3.48. The molecule has 5 fully saturated rings. The Kier molecular flexibility index (Phi) is 8.12. The second-order valence-electron chi connectivity index (χ2n) is 14.4. The van der Waals surface area contributed by atoms with E-state index in [1.807, 2.05) is 13.8 Å². The molecule has 0 bridgehead atoms. The Morgan fingerprint density at radius 3 is 2.28 bits per heavy atom. The number of hydrogen-bond acceptors (Lipinski definition) is 4. The van der Waals surface area contributed by atoms with E-state index < -0.39 is 0 Å². The molecule has 6 nitrogen and oxygen atoms in total. The summed E-state index contributed by atoms with van der Waals surface area (Å²) in [7, 11) is 0. The Bertz CT molecular complexity index is 788. The van der Waals surface area contributed by atoms with Gasteiger partial charge in [0.2, 0.25) is 5.96 Å². The van der Waals surface area contributed by atoms with Crippen LogP contribution in [0.15, 0.2) is 4.99 Å². The highest BCUT2D eigenvalue weighted by molar-refractivity contribution is 5.79. The molecular formula is C30H57N5O. The molecule has 5 aliphatic rings. The topological polar surface area (TPSA) is 80.7 Å². The van der Waals surface area contributed by atoms with Crippen LogP contribution in [0.1, 0.15) is 120 Å². The number of aliphatic hydroxyl groups is 1. The van der Waals surface area contributed by atoms with Gasteiger partial charge in [0.05, 0.1) is 6.10 Å². The van der Waals surface area contributed by atoms with Crippen LogP contribution < -0.4 is 21.9 Å². The number of nitrogens with zero attached hydrogens (tertiary/aromatic N) is 1. The molecule has 5 rings (SSSR count). The van der Waals surface area contributed by atoms with Crippen LogP contribution in [-0.4, -0.2) is 23.7 Å². The third kappa shape index (κ3) is 4.62. The van der Waals surface area contributed by atoms with Crippen LogP contribution in [0.25, 0.3) is 0 Å². The second-order valence-corrected chi connectivity index (χ2v) is 14.4. The molecule has 1 aliphatic heterocycles. The normalized spacial score (nSPS) is 42.2. The van der Waals surface area contributed by atoms with Crippen molar-refractivity contribution in [3.05, 3.63) is 0 Å². The Morgan fingerprint density at radius 1 is 0.889 bits per heavy atom. The van der Waals surface area contributed by atoms with E-state index in [-0.39, 0.29) is 22.3 Å². The van der Waals surface area contributed by atoms with Gasteiger partial charge in [0.25, 0.3) is 0 Å². The number of rotatable bonds is 5. The highest BCUT2D eigenvalue weighted by Crippen LogP contribution is 2.68. The Morgan fingerprint density at radius 2 is 1.58 bits per heavy atom. The van der Waals surface area contributed by atoms with Gasteiger partial charge in [0.1, 0.15) is 0 Å². The van der Waals surface area contributed by atoms with Crippen molar-refractivity contribution in [1.82, 2.24) is 21.9 Å². The van der Waals surface area contributed by atoms with Crippen LogP contribution in [-0.2, 0) is 0 Å². The third-order valence-electron chi connectivity index (χ3n) is 12.5. The van der Waals surface area contributed by atoms with E-state index in [2.05, 4.69) is 63.5 Å². The smallest absolute Gasteiger partial charge is 0.222 e. The van der Waals surface area contributed by atoms with Crippen LogP contribution in [0, 0.1) is 51.2 Å². The van der Waals surface area contributed by atoms with E-state index in [9.17, 15) is 5.11 Å². The molecule has 0 spiro atoms. The molecule has 4 saturated carbocycles. The third-order valence-corrected chi connectivity index (χ3v) is 12.5. The monoisotopic (exact) mass is 503 g/mol. The van der Waals surface area contributed by atoms with Crippen molar-refractivity contribution in [1.29, 1.82) is 0 Å². The number of hydrazine groups is 3. The van der Waals surface area contributed by atoms with Crippen molar-refractivity contribution < 1.29 is 5.11 Å². The van der Waals surface area contributed by atoms with Crippen LogP contribution in [0.5, 0.6) is 0 Å². The number of fused-ring (bicyclic) bond motifs is 5. The first-order chi connectivity index (χ1) is 17.0. The lowest BCUT2D eigenvalue weighted by Crippen LogP contribution is -2.58. The molecule has 5 N–H and O–H groups in total. The summed E-state index contributed by atoms with van der Waals surface area (Å²) < 4.78 is 0. The first-order valence-corrected chi connectivity index (χ1v) is 15.2. The van der Waals surface area contributed by atoms with Crippen molar-refractivity contribution in [3.63, 3.8) is 0 Å². The zero-order valence-electron chi connectivity index (χ0n) is 24.6. The molecular weight excluding hydrogens is 446 g/mol. The fraction of sp³-hybridized carbons (Fsp3) is 0.967. The first kappa shape index (κ1) is 28.2. The predicted molar refractivity (Wildman–Crippen MR) is 150 cm³/mol. The van der Waals surface area contributed by atoms with E-state index in [4.69, 9.17) is 4.99 Å². The van der Waals surface area contributed by atoms with Crippen molar-refractivity contribution in [2.24, 2.45) is 56.2 Å².